The van der Waals surface area contributed by atoms with Crippen LogP contribution in [-0.2, 0) is 19.4 Å². The van der Waals surface area contributed by atoms with Crippen molar-refractivity contribution >= 4 is 44.2 Å². The highest BCUT2D eigenvalue weighted by Crippen LogP contribution is 2.38. The number of H-pyrrole nitrogens is 3. The maximum Gasteiger partial charge on any atom is 0.258 e. The quantitative estimate of drug-likeness (QED) is 0.0877. The fourth-order valence-corrected chi connectivity index (χ4v) is 8.96. The highest BCUT2D eigenvalue weighted by molar-refractivity contribution is 5.93. The minimum Gasteiger partial charge on any atom is -0.497 e. The third-order valence-corrected chi connectivity index (χ3v) is 12.4. The number of para-hydroxylation sites is 1. The molecule has 332 valence electrons. The molecule has 2 unspecified atom stereocenters. The van der Waals surface area contributed by atoms with Gasteiger partial charge in [0.25, 0.3) is 5.56 Å². The van der Waals surface area contributed by atoms with Gasteiger partial charge >= 0.3 is 0 Å². The lowest BCUT2D eigenvalue weighted by Crippen LogP contribution is -2.25. The summed E-state index contributed by atoms with van der Waals surface area (Å²) >= 11 is 0. The number of nitrogens with zero attached hydrogens (tertiary/aromatic N) is 6. The van der Waals surface area contributed by atoms with Gasteiger partial charge in [-0.25, -0.2) is 15.0 Å². The van der Waals surface area contributed by atoms with E-state index in [-0.39, 0.29) is 17.4 Å². The second-order valence-corrected chi connectivity index (χ2v) is 16.8. The first-order valence-corrected chi connectivity index (χ1v) is 21.8. The molecule has 0 radical (unpaired) electrons. The highest BCUT2D eigenvalue weighted by atomic mass is 16.5. The molecule has 5 aromatic carbocycles. The normalized spacial score (nSPS) is 15.6. The molecule has 16 heteroatoms. The smallest absolute Gasteiger partial charge is 0.258 e. The molecular formula is C50H46N10O6. The lowest BCUT2D eigenvalue weighted by Gasteiger charge is -2.25. The zero-order chi connectivity index (χ0) is 44.7. The van der Waals surface area contributed by atoms with Crippen LogP contribution in [0.3, 0.4) is 0 Å². The van der Waals surface area contributed by atoms with Crippen molar-refractivity contribution in [2.45, 2.75) is 31.2 Å². The predicted octanol–water partition coefficient (Wildman–Crippen LogP) is 7.84. The summed E-state index contributed by atoms with van der Waals surface area (Å²) in [6.07, 6.45) is 6.70. The summed E-state index contributed by atoms with van der Waals surface area (Å²) in [5, 5.41) is 20.6. The number of nitrogens with one attached hydrogen (secondary N) is 4. The van der Waals surface area contributed by atoms with Crippen LogP contribution in [0.25, 0.3) is 43.8 Å². The first kappa shape index (κ1) is 40.8. The van der Waals surface area contributed by atoms with Gasteiger partial charge in [-0.3, -0.25) is 19.9 Å². The van der Waals surface area contributed by atoms with Crippen LogP contribution in [0.15, 0.2) is 108 Å². The topological polar surface area (TPSA) is 190 Å². The molecule has 4 aromatic heterocycles. The molecule has 2 aliphatic heterocycles. The molecule has 0 saturated carbocycles. The van der Waals surface area contributed by atoms with Gasteiger partial charge in [-0.15, -0.1) is 0 Å². The number of aromatic amines is 3. The largest absolute Gasteiger partial charge is 0.497 e. The summed E-state index contributed by atoms with van der Waals surface area (Å²) in [6, 6.07) is 27.6. The van der Waals surface area contributed by atoms with Gasteiger partial charge in [0.15, 0.2) is 0 Å². The van der Waals surface area contributed by atoms with Crippen LogP contribution < -0.4 is 34.6 Å². The number of rotatable bonds is 13. The zero-order valence-electron chi connectivity index (χ0n) is 36.6. The number of hydrogen-bond donors (Lipinski definition) is 4. The van der Waals surface area contributed by atoms with E-state index < -0.39 is 0 Å². The van der Waals surface area contributed by atoms with E-state index in [0.717, 1.165) is 84.7 Å². The minimum absolute atomic E-state index is 0.0445. The molecular weight excluding hydrogens is 837 g/mol. The Bertz CT molecular complexity index is 3320. The molecule has 6 heterocycles. The Balaban J connectivity index is 0.836. The molecule has 2 atom stereocenters. The Morgan fingerprint density at radius 1 is 0.803 bits per heavy atom. The van der Waals surface area contributed by atoms with Gasteiger partial charge in [0.2, 0.25) is 0 Å². The maximum atomic E-state index is 13.8. The van der Waals surface area contributed by atoms with E-state index in [2.05, 4.69) is 47.7 Å². The lowest BCUT2D eigenvalue weighted by atomic mass is 9.95. The molecule has 0 spiro atoms. The van der Waals surface area contributed by atoms with Gasteiger partial charge in [0, 0.05) is 41.3 Å². The number of benzene rings is 5. The average molecular weight is 883 g/mol. The standard InChI is InChI=1S/C50H46N10O6/c1-60(12-13-64-44-21-28(35-23-51-52-24-35)20-40-46(44)56-48(58-50(40)61)34-15-30-19-38(63-3)9-11-43(30)66-27-34)25-32-17-36(16-31-22-53-59-45(31)32)54-49-39-6-4-5-7-41(39)55-47(57-49)33-14-29-18-37(62-2)8-10-42(29)65-26-33/h4-11,16-24,33-34H,12-15,25-27H2,1-3H3,(H,51,52)(H,53,59)(H,54,55,57)(H,56,58,61). The molecule has 0 bridgehead atoms. The van der Waals surface area contributed by atoms with Crippen LogP contribution >= 0.6 is 0 Å². The lowest BCUT2D eigenvalue weighted by molar-refractivity contribution is 0.234. The van der Waals surface area contributed by atoms with Crippen molar-refractivity contribution in [2.24, 2.45) is 0 Å². The van der Waals surface area contributed by atoms with E-state index in [1.807, 2.05) is 86.0 Å². The van der Waals surface area contributed by atoms with Gasteiger partial charge in [0.05, 0.1) is 68.1 Å². The summed E-state index contributed by atoms with van der Waals surface area (Å²) < 4.78 is 29.8. The zero-order valence-corrected chi connectivity index (χ0v) is 36.6. The van der Waals surface area contributed by atoms with Crippen molar-refractivity contribution in [1.82, 2.24) is 45.2 Å². The second kappa shape index (κ2) is 17.2. The van der Waals surface area contributed by atoms with Crippen LogP contribution in [0.4, 0.5) is 11.5 Å². The van der Waals surface area contributed by atoms with Crippen LogP contribution in [0.5, 0.6) is 28.7 Å². The highest BCUT2D eigenvalue weighted by Gasteiger charge is 2.27. The van der Waals surface area contributed by atoms with Crippen molar-refractivity contribution in [1.29, 1.82) is 0 Å². The van der Waals surface area contributed by atoms with Crippen molar-refractivity contribution in [3.8, 4) is 39.9 Å². The van der Waals surface area contributed by atoms with E-state index in [4.69, 9.17) is 38.6 Å². The second-order valence-electron chi connectivity index (χ2n) is 16.8. The SMILES string of the molecule is COc1ccc2c(c1)CC(c1nc(Nc3cc(CN(C)CCOc4cc(-c5cn[nH]c5)cc5c(=O)[nH]c(C6COc7ccc(OC)cc7C6)nc45)c4[nH]ncc4c3)c3ccccc3n1)CO2. The number of hydrogen-bond acceptors (Lipinski definition) is 13. The summed E-state index contributed by atoms with van der Waals surface area (Å²) in [5.74, 6) is 5.44. The molecule has 11 rings (SSSR count). The van der Waals surface area contributed by atoms with Crippen molar-refractivity contribution < 1.29 is 23.7 Å². The average Bonchev–Trinajstić information content (AvgIpc) is 4.07. The van der Waals surface area contributed by atoms with E-state index in [1.54, 1.807) is 26.6 Å². The summed E-state index contributed by atoms with van der Waals surface area (Å²) in [4.78, 5) is 34.2. The van der Waals surface area contributed by atoms with Crippen LogP contribution in [0.1, 0.15) is 40.2 Å². The Kier molecular flexibility index (Phi) is 10.6. The molecule has 66 heavy (non-hydrogen) atoms. The van der Waals surface area contributed by atoms with E-state index in [0.29, 0.717) is 73.5 Å². The molecule has 2 aliphatic rings. The summed E-state index contributed by atoms with van der Waals surface area (Å²) in [6.45, 7) is 2.32. The van der Waals surface area contributed by atoms with E-state index in [1.165, 1.54) is 0 Å². The number of fused-ring (bicyclic) bond motifs is 5. The van der Waals surface area contributed by atoms with Gasteiger partial charge in [-0.1, -0.05) is 12.1 Å². The van der Waals surface area contributed by atoms with Gasteiger partial charge in [-0.05, 0) is 115 Å². The van der Waals surface area contributed by atoms with E-state index in [9.17, 15) is 4.79 Å². The third-order valence-electron chi connectivity index (χ3n) is 12.4. The van der Waals surface area contributed by atoms with E-state index >= 15 is 0 Å². The molecule has 0 amide bonds. The van der Waals surface area contributed by atoms with Crippen molar-refractivity contribution in [2.75, 3.05) is 52.9 Å². The fraction of sp³-hybridized carbons (Fsp3) is 0.240. The Hall–Kier alpha value is -7.98. The summed E-state index contributed by atoms with van der Waals surface area (Å²) in [7, 11) is 5.36. The van der Waals surface area contributed by atoms with Crippen molar-refractivity contribution in [3.05, 3.63) is 142 Å². The van der Waals surface area contributed by atoms with Crippen LogP contribution in [0, 0.1) is 0 Å². The molecule has 0 aliphatic carbocycles. The molecule has 16 nitrogen and oxygen atoms in total. The Morgan fingerprint density at radius 2 is 1.58 bits per heavy atom. The Labute approximate surface area is 378 Å². The number of ether oxygens (including phenoxy) is 5. The summed E-state index contributed by atoms with van der Waals surface area (Å²) in [5.41, 5.74) is 7.60. The monoisotopic (exact) mass is 882 g/mol. The number of likely N-dealkylation sites (N-methyl/N-ethyl adjacent to an activating group) is 1. The van der Waals surface area contributed by atoms with Crippen LogP contribution in [-0.4, -0.2) is 92.9 Å². The minimum atomic E-state index is -0.253. The van der Waals surface area contributed by atoms with Gasteiger partial charge < -0.3 is 34.0 Å². The van der Waals surface area contributed by atoms with Crippen molar-refractivity contribution in [3.63, 3.8) is 0 Å². The number of aromatic nitrogens is 8. The molecule has 4 N–H and O–H groups in total. The predicted molar refractivity (Wildman–Crippen MR) is 251 cm³/mol. The fourth-order valence-electron chi connectivity index (χ4n) is 8.96. The van der Waals surface area contributed by atoms with Gasteiger partial charge in [-0.2, -0.15) is 10.2 Å². The maximum absolute atomic E-state index is 13.8. The number of methoxy groups -OCH3 is 2. The third kappa shape index (κ3) is 7.95. The first-order chi connectivity index (χ1) is 32.3. The van der Waals surface area contributed by atoms with Crippen LogP contribution in [0.2, 0.25) is 0 Å². The molecule has 9 aromatic rings. The number of anilines is 2. The molecule has 0 saturated heterocycles. The Morgan fingerprint density at radius 3 is 2.35 bits per heavy atom. The first-order valence-electron chi connectivity index (χ1n) is 21.8. The van der Waals surface area contributed by atoms with Gasteiger partial charge in [0.1, 0.15) is 58.3 Å². The molecule has 0 fully saturated rings.